The summed E-state index contributed by atoms with van der Waals surface area (Å²) in [5.74, 6) is -1.06. The number of carbonyl (C=O) groups excluding carboxylic acids is 3. The number of esters is 3. The predicted octanol–water partition coefficient (Wildman–Crippen LogP) is 19.4. The van der Waals surface area contributed by atoms with E-state index in [-0.39, 0.29) is 50.4 Å². The first-order chi connectivity index (χ1) is 35.5. The molecule has 0 rings (SSSR count). The Balaban J connectivity index is 4.65. The van der Waals surface area contributed by atoms with E-state index in [9.17, 15) is 14.4 Å². The Kier molecular flexibility index (Phi) is 54.6. The molecule has 0 aromatic carbocycles. The van der Waals surface area contributed by atoms with Gasteiger partial charge in [0.1, 0.15) is 13.2 Å². The summed E-state index contributed by atoms with van der Waals surface area (Å²) in [6.45, 7) is 6.35. The van der Waals surface area contributed by atoms with E-state index in [1.54, 1.807) is 0 Å². The van der Waals surface area contributed by atoms with E-state index in [4.69, 9.17) is 14.2 Å². The lowest BCUT2D eigenvalue weighted by atomic mass is 10.1. The van der Waals surface area contributed by atoms with Crippen molar-refractivity contribution in [3.05, 3.63) is 158 Å². The summed E-state index contributed by atoms with van der Waals surface area (Å²) >= 11 is 0. The van der Waals surface area contributed by atoms with Crippen molar-refractivity contribution in [3.8, 4) is 0 Å². The van der Waals surface area contributed by atoms with E-state index in [2.05, 4.69) is 106 Å². The molecule has 0 saturated heterocycles. The number of carbonyl (C=O) groups is 3. The molecule has 0 spiro atoms. The number of hydrogen-bond acceptors (Lipinski definition) is 6. The molecule has 0 heterocycles. The molecule has 0 fully saturated rings. The van der Waals surface area contributed by atoms with E-state index in [0.717, 1.165) is 89.9 Å². The van der Waals surface area contributed by atoms with Gasteiger partial charge in [0, 0.05) is 19.3 Å². The second kappa shape index (κ2) is 58.6. The summed E-state index contributed by atoms with van der Waals surface area (Å²) in [6, 6.07) is 0. The van der Waals surface area contributed by atoms with Gasteiger partial charge >= 0.3 is 17.9 Å². The molecule has 1 unspecified atom stereocenters. The topological polar surface area (TPSA) is 78.9 Å². The second-order valence-corrected chi connectivity index (χ2v) is 18.4. The van der Waals surface area contributed by atoms with Crippen LogP contribution in [0.5, 0.6) is 0 Å². The van der Waals surface area contributed by atoms with Crippen LogP contribution in [0.1, 0.15) is 220 Å². The first kappa shape index (κ1) is 67.0. The molecule has 0 amide bonds. The van der Waals surface area contributed by atoms with Crippen molar-refractivity contribution in [1.29, 1.82) is 0 Å². The van der Waals surface area contributed by atoms with Crippen molar-refractivity contribution in [2.24, 2.45) is 0 Å². The smallest absolute Gasteiger partial charge is 0.306 e. The summed E-state index contributed by atoms with van der Waals surface area (Å²) in [5.41, 5.74) is 0. The molecular weight excluding hydrogens is 889 g/mol. The van der Waals surface area contributed by atoms with Gasteiger partial charge in [-0.1, -0.05) is 262 Å². The van der Waals surface area contributed by atoms with Gasteiger partial charge in [-0.05, 0) is 96.3 Å². The number of ether oxygens (including phenoxy) is 3. The minimum atomic E-state index is -0.837. The first-order valence-electron chi connectivity index (χ1n) is 28.6. The standard InChI is InChI=1S/C66H102O6/c1-4-7-10-13-16-19-22-25-28-31-33-36-38-41-44-47-50-53-56-59-65(68)71-62-63(61-70-64(67)58-55-52-49-46-43-40-37-34-30-27-24-21-18-15-12-9-6-3)72-66(69)60-57-54-51-48-45-42-39-35-32-29-26-23-20-17-14-11-8-5-2/h7,10,13,16,19,22-23,25-33,35-41,44,46,49,63H,4-6,8-9,11-12,14-15,17-18,20-21,24,34,42-43,45,47-48,50-62H2,1-3H3/b10-7-,16-13-,22-19-,26-23-,28-25-,30-27-,32-29-,33-31+,38-36-,39-35-,40-37-,44-41-,49-46-. The van der Waals surface area contributed by atoms with Gasteiger partial charge in [-0.25, -0.2) is 0 Å². The molecule has 0 aliphatic rings. The molecule has 6 heteroatoms. The summed E-state index contributed by atoms with van der Waals surface area (Å²) in [7, 11) is 0. The van der Waals surface area contributed by atoms with Crippen LogP contribution in [0, 0.1) is 0 Å². The molecule has 0 N–H and O–H groups in total. The van der Waals surface area contributed by atoms with E-state index in [1.165, 1.54) is 77.0 Å². The Hall–Kier alpha value is -4.97. The van der Waals surface area contributed by atoms with Crippen LogP contribution in [0.25, 0.3) is 0 Å². The maximum absolute atomic E-state index is 12.9. The van der Waals surface area contributed by atoms with Crippen LogP contribution in [-0.2, 0) is 28.6 Å². The van der Waals surface area contributed by atoms with Crippen molar-refractivity contribution in [2.75, 3.05) is 13.2 Å². The highest BCUT2D eigenvalue weighted by Gasteiger charge is 2.19. The third kappa shape index (κ3) is 56.0. The molecule has 0 aliphatic heterocycles. The predicted molar refractivity (Wildman–Crippen MR) is 311 cm³/mol. The average Bonchev–Trinajstić information content (AvgIpc) is 3.38. The van der Waals surface area contributed by atoms with Crippen LogP contribution < -0.4 is 0 Å². The highest BCUT2D eigenvalue weighted by molar-refractivity contribution is 5.71. The fourth-order valence-corrected chi connectivity index (χ4v) is 7.21. The summed E-state index contributed by atoms with van der Waals surface area (Å²) in [6.07, 6.45) is 85.1. The third-order valence-electron chi connectivity index (χ3n) is 11.5. The molecule has 0 bridgehead atoms. The highest BCUT2D eigenvalue weighted by Crippen LogP contribution is 2.12. The SMILES string of the molecule is CC\C=C/C=C\C=C/C=C\C=C\C=C/C=C\CCCCCC(=O)OCC(COC(=O)CCC/C=C\C/C=C\C/C=C\CCCCCCCC)OC(=O)CCCCCCC\C=C/C=C\C=C/CCCCCCC. The van der Waals surface area contributed by atoms with E-state index in [1.807, 2.05) is 72.9 Å². The number of unbranched alkanes of at least 4 members (excludes halogenated alkanes) is 20. The zero-order chi connectivity index (χ0) is 52.2. The van der Waals surface area contributed by atoms with Crippen molar-refractivity contribution < 1.29 is 28.6 Å². The van der Waals surface area contributed by atoms with Crippen LogP contribution in [-0.4, -0.2) is 37.2 Å². The average molecular weight is 992 g/mol. The fourth-order valence-electron chi connectivity index (χ4n) is 7.21. The van der Waals surface area contributed by atoms with Gasteiger partial charge in [-0.2, -0.15) is 0 Å². The fraction of sp³-hybridized carbons (Fsp3) is 0.561. The van der Waals surface area contributed by atoms with Crippen molar-refractivity contribution in [3.63, 3.8) is 0 Å². The van der Waals surface area contributed by atoms with Gasteiger partial charge in [0.15, 0.2) is 6.10 Å². The lowest BCUT2D eigenvalue weighted by molar-refractivity contribution is -0.167. The van der Waals surface area contributed by atoms with Crippen LogP contribution in [0.3, 0.4) is 0 Å². The Bertz CT molecular complexity index is 1660. The summed E-state index contributed by atoms with van der Waals surface area (Å²) < 4.78 is 16.8. The molecule has 0 aromatic heterocycles. The first-order valence-corrected chi connectivity index (χ1v) is 28.6. The molecule has 0 saturated carbocycles. The van der Waals surface area contributed by atoms with Crippen molar-refractivity contribution in [1.82, 2.24) is 0 Å². The lowest BCUT2D eigenvalue weighted by Crippen LogP contribution is -2.30. The molecule has 402 valence electrons. The quantitative estimate of drug-likeness (QED) is 0.0199. The largest absolute Gasteiger partial charge is 0.462 e. The highest BCUT2D eigenvalue weighted by atomic mass is 16.6. The number of rotatable bonds is 49. The lowest BCUT2D eigenvalue weighted by Gasteiger charge is -2.18. The Morgan fingerprint density at radius 3 is 1.04 bits per heavy atom. The van der Waals surface area contributed by atoms with Gasteiger partial charge in [0.2, 0.25) is 0 Å². The van der Waals surface area contributed by atoms with Crippen LogP contribution >= 0.6 is 0 Å². The van der Waals surface area contributed by atoms with Gasteiger partial charge in [-0.3, -0.25) is 14.4 Å². The second-order valence-electron chi connectivity index (χ2n) is 18.4. The van der Waals surface area contributed by atoms with E-state index in [0.29, 0.717) is 12.8 Å². The Morgan fingerprint density at radius 2 is 0.611 bits per heavy atom. The normalized spacial score (nSPS) is 13.3. The Labute approximate surface area is 441 Å². The number of allylic oxidation sites excluding steroid dienone is 26. The van der Waals surface area contributed by atoms with Gasteiger partial charge in [-0.15, -0.1) is 0 Å². The van der Waals surface area contributed by atoms with Crippen LogP contribution in [0.15, 0.2) is 158 Å². The monoisotopic (exact) mass is 991 g/mol. The molecule has 0 radical (unpaired) electrons. The molecule has 6 nitrogen and oxygen atoms in total. The zero-order valence-electron chi connectivity index (χ0n) is 45.9. The van der Waals surface area contributed by atoms with Gasteiger partial charge in [0.25, 0.3) is 0 Å². The van der Waals surface area contributed by atoms with Gasteiger partial charge < -0.3 is 14.2 Å². The van der Waals surface area contributed by atoms with Crippen LogP contribution in [0.4, 0.5) is 0 Å². The number of hydrogen-bond donors (Lipinski definition) is 0. The maximum Gasteiger partial charge on any atom is 0.306 e. The summed E-state index contributed by atoms with van der Waals surface area (Å²) in [5, 5.41) is 0. The Morgan fingerprint density at radius 1 is 0.306 bits per heavy atom. The van der Waals surface area contributed by atoms with Crippen LogP contribution in [0.2, 0.25) is 0 Å². The minimum Gasteiger partial charge on any atom is -0.462 e. The molecule has 1 atom stereocenters. The molecular formula is C66H102O6. The van der Waals surface area contributed by atoms with Gasteiger partial charge in [0.05, 0.1) is 0 Å². The minimum absolute atomic E-state index is 0.133. The molecule has 0 aliphatic carbocycles. The maximum atomic E-state index is 12.9. The van der Waals surface area contributed by atoms with E-state index < -0.39 is 6.10 Å². The molecule has 72 heavy (non-hydrogen) atoms. The van der Waals surface area contributed by atoms with Crippen molar-refractivity contribution in [2.45, 2.75) is 226 Å². The molecule has 0 aromatic rings. The third-order valence-corrected chi connectivity index (χ3v) is 11.5. The van der Waals surface area contributed by atoms with Crippen molar-refractivity contribution >= 4 is 17.9 Å². The van der Waals surface area contributed by atoms with E-state index >= 15 is 0 Å². The summed E-state index contributed by atoms with van der Waals surface area (Å²) in [4.78, 5) is 38.2. The zero-order valence-corrected chi connectivity index (χ0v) is 45.9.